The molecule has 1 aromatic rings. The number of anilines is 3. The van der Waals surface area contributed by atoms with Crippen molar-refractivity contribution in [3.63, 3.8) is 0 Å². The summed E-state index contributed by atoms with van der Waals surface area (Å²) in [6, 6.07) is 0. The molecule has 0 atom stereocenters. The van der Waals surface area contributed by atoms with Gasteiger partial charge in [-0.3, -0.25) is 0 Å². The quantitative estimate of drug-likeness (QED) is 0.643. The zero-order valence-corrected chi connectivity index (χ0v) is 13.8. The van der Waals surface area contributed by atoms with Gasteiger partial charge in [-0.15, -0.1) is 0 Å². The highest BCUT2D eigenvalue weighted by Gasteiger charge is 2.07. The van der Waals surface area contributed by atoms with Crippen molar-refractivity contribution in [2.75, 3.05) is 54.7 Å². The summed E-state index contributed by atoms with van der Waals surface area (Å²) in [5.74, 6) is 3.17. The van der Waals surface area contributed by atoms with Crippen LogP contribution >= 0.6 is 11.8 Å². The normalized spacial score (nSPS) is 10.4. The Bertz CT molecular complexity index is 385. The van der Waals surface area contributed by atoms with E-state index in [-0.39, 0.29) is 0 Å². The minimum atomic E-state index is 0.621. The van der Waals surface area contributed by atoms with E-state index < -0.39 is 0 Å². The number of hydrogen-bond donors (Lipinski definition) is 2. The molecule has 6 nitrogen and oxygen atoms in total. The van der Waals surface area contributed by atoms with Gasteiger partial charge < -0.3 is 15.5 Å². The molecule has 1 aromatic heterocycles. The minimum absolute atomic E-state index is 0.621. The van der Waals surface area contributed by atoms with Gasteiger partial charge in [-0.2, -0.15) is 26.7 Å². The molecule has 20 heavy (non-hydrogen) atoms. The van der Waals surface area contributed by atoms with E-state index in [2.05, 4.69) is 31.8 Å². The van der Waals surface area contributed by atoms with Gasteiger partial charge in [-0.1, -0.05) is 6.42 Å². The molecule has 0 saturated carbocycles. The molecule has 1 rings (SSSR count). The molecule has 114 valence electrons. The van der Waals surface area contributed by atoms with E-state index >= 15 is 0 Å². The van der Waals surface area contributed by atoms with Crippen LogP contribution in [0.2, 0.25) is 0 Å². The highest BCUT2D eigenvalue weighted by molar-refractivity contribution is 7.98. The van der Waals surface area contributed by atoms with Crippen molar-refractivity contribution in [2.45, 2.75) is 26.2 Å². The molecule has 0 fully saturated rings. The smallest absolute Gasteiger partial charge is 0.231 e. The molecule has 0 amide bonds. The Morgan fingerprint density at radius 1 is 1.00 bits per heavy atom. The number of aromatic nitrogens is 3. The van der Waals surface area contributed by atoms with Crippen LogP contribution in [0.4, 0.5) is 17.8 Å². The lowest BCUT2D eigenvalue weighted by atomic mass is 10.2. The van der Waals surface area contributed by atoms with E-state index in [1.165, 1.54) is 18.6 Å². The number of nitrogens with zero attached hydrogens (tertiary/aromatic N) is 4. The lowest BCUT2D eigenvalue weighted by Gasteiger charge is -2.13. The average molecular weight is 298 g/mol. The van der Waals surface area contributed by atoms with Crippen molar-refractivity contribution < 1.29 is 0 Å². The summed E-state index contributed by atoms with van der Waals surface area (Å²) in [4.78, 5) is 15.0. The van der Waals surface area contributed by atoms with E-state index in [0.717, 1.165) is 19.5 Å². The molecular formula is C13H26N6S. The van der Waals surface area contributed by atoms with Crippen molar-refractivity contribution >= 4 is 29.6 Å². The van der Waals surface area contributed by atoms with Crippen LogP contribution in [0.25, 0.3) is 0 Å². The van der Waals surface area contributed by atoms with Gasteiger partial charge in [0.05, 0.1) is 0 Å². The van der Waals surface area contributed by atoms with Crippen LogP contribution in [0, 0.1) is 0 Å². The van der Waals surface area contributed by atoms with E-state index in [9.17, 15) is 0 Å². The summed E-state index contributed by atoms with van der Waals surface area (Å²) in [6.07, 6.45) is 5.79. The summed E-state index contributed by atoms with van der Waals surface area (Å²) in [6.45, 7) is 3.72. The summed E-state index contributed by atoms with van der Waals surface area (Å²) >= 11 is 1.90. The molecule has 0 radical (unpaired) electrons. The SMILES string of the molecule is CCNc1nc(NCCCCCSC)nc(N(C)C)n1. The second-order valence-electron chi connectivity index (χ2n) is 4.69. The van der Waals surface area contributed by atoms with Gasteiger partial charge in [-0.05, 0) is 31.8 Å². The van der Waals surface area contributed by atoms with Crippen molar-refractivity contribution in [2.24, 2.45) is 0 Å². The lowest BCUT2D eigenvalue weighted by molar-refractivity contribution is 0.745. The van der Waals surface area contributed by atoms with Gasteiger partial charge in [-0.25, -0.2) is 0 Å². The number of hydrogen-bond acceptors (Lipinski definition) is 7. The predicted molar refractivity (Wildman–Crippen MR) is 89.0 cm³/mol. The van der Waals surface area contributed by atoms with Gasteiger partial charge in [0.1, 0.15) is 0 Å². The van der Waals surface area contributed by atoms with Gasteiger partial charge >= 0.3 is 0 Å². The number of rotatable bonds is 10. The Hall–Kier alpha value is -1.24. The maximum atomic E-state index is 4.40. The Balaban J connectivity index is 2.50. The summed E-state index contributed by atoms with van der Waals surface area (Å²) in [5.41, 5.74) is 0. The first kappa shape index (κ1) is 16.8. The molecule has 0 spiro atoms. The predicted octanol–water partition coefficient (Wildman–Crippen LogP) is 2.31. The summed E-state index contributed by atoms with van der Waals surface area (Å²) in [7, 11) is 3.86. The number of nitrogens with one attached hydrogen (secondary N) is 2. The summed E-state index contributed by atoms with van der Waals surface area (Å²) < 4.78 is 0. The molecule has 0 aliphatic rings. The van der Waals surface area contributed by atoms with Gasteiger partial charge in [0.25, 0.3) is 0 Å². The van der Waals surface area contributed by atoms with Crippen molar-refractivity contribution in [3.05, 3.63) is 0 Å². The van der Waals surface area contributed by atoms with Crippen LogP contribution in [0.3, 0.4) is 0 Å². The molecule has 2 N–H and O–H groups in total. The van der Waals surface area contributed by atoms with Crippen molar-refractivity contribution in [1.82, 2.24) is 15.0 Å². The Morgan fingerprint density at radius 3 is 2.30 bits per heavy atom. The van der Waals surface area contributed by atoms with E-state index in [4.69, 9.17) is 0 Å². The summed E-state index contributed by atoms with van der Waals surface area (Å²) in [5, 5.41) is 6.41. The highest BCUT2D eigenvalue weighted by atomic mass is 32.2. The Labute approximate surface area is 126 Å². The maximum absolute atomic E-state index is 4.40. The first-order valence-corrected chi connectivity index (χ1v) is 8.46. The fraction of sp³-hybridized carbons (Fsp3) is 0.769. The van der Waals surface area contributed by atoms with Crippen molar-refractivity contribution in [1.29, 1.82) is 0 Å². The third-order valence-corrected chi connectivity index (χ3v) is 3.36. The van der Waals surface area contributed by atoms with Gasteiger partial charge in [0.15, 0.2) is 0 Å². The molecule has 0 bridgehead atoms. The fourth-order valence-electron chi connectivity index (χ4n) is 1.63. The Morgan fingerprint density at radius 2 is 1.70 bits per heavy atom. The van der Waals surface area contributed by atoms with Gasteiger partial charge in [0.2, 0.25) is 17.8 Å². The topological polar surface area (TPSA) is 66.0 Å². The van der Waals surface area contributed by atoms with Crippen LogP contribution in [0.5, 0.6) is 0 Å². The molecule has 0 aliphatic heterocycles. The third kappa shape index (κ3) is 6.27. The maximum Gasteiger partial charge on any atom is 0.231 e. The minimum Gasteiger partial charge on any atom is -0.354 e. The van der Waals surface area contributed by atoms with Crippen LogP contribution < -0.4 is 15.5 Å². The molecule has 0 aliphatic carbocycles. The lowest BCUT2D eigenvalue weighted by Crippen LogP contribution is -2.17. The average Bonchev–Trinajstić information content (AvgIpc) is 2.43. The van der Waals surface area contributed by atoms with Crippen LogP contribution in [-0.4, -0.2) is 54.1 Å². The van der Waals surface area contributed by atoms with E-state index in [0.29, 0.717) is 17.8 Å². The molecule has 0 unspecified atom stereocenters. The first-order chi connectivity index (χ1) is 9.67. The molecule has 0 aromatic carbocycles. The van der Waals surface area contributed by atoms with E-state index in [1.54, 1.807) is 0 Å². The first-order valence-electron chi connectivity index (χ1n) is 7.07. The Kier molecular flexibility index (Phi) is 8.10. The number of unbranched alkanes of at least 4 members (excludes halogenated alkanes) is 2. The molecule has 0 saturated heterocycles. The molecule has 7 heteroatoms. The standard InChI is InChI=1S/C13H26N6S/c1-5-14-11-16-12(18-13(17-11)19(2)3)15-9-7-6-8-10-20-4/h5-10H2,1-4H3,(H2,14,15,16,17,18). The second-order valence-corrected chi connectivity index (χ2v) is 5.67. The molecular weight excluding hydrogens is 272 g/mol. The third-order valence-electron chi connectivity index (χ3n) is 2.67. The fourth-order valence-corrected chi connectivity index (χ4v) is 2.12. The van der Waals surface area contributed by atoms with Crippen LogP contribution in [0.15, 0.2) is 0 Å². The molecule has 1 heterocycles. The zero-order valence-electron chi connectivity index (χ0n) is 12.9. The van der Waals surface area contributed by atoms with Crippen LogP contribution in [-0.2, 0) is 0 Å². The van der Waals surface area contributed by atoms with E-state index in [1.807, 2.05) is 37.7 Å². The number of thioether (sulfide) groups is 1. The highest BCUT2D eigenvalue weighted by Crippen LogP contribution is 2.11. The van der Waals surface area contributed by atoms with Gasteiger partial charge in [0, 0.05) is 27.2 Å². The van der Waals surface area contributed by atoms with Crippen molar-refractivity contribution in [3.8, 4) is 0 Å². The zero-order chi connectivity index (χ0) is 14.8. The largest absolute Gasteiger partial charge is 0.354 e. The second kappa shape index (κ2) is 9.63. The monoisotopic (exact) mass is 298 g/mol. The van der Waals surface area contributed by atoms with Crippen LogP contribution in [0.1, 0.15) is 26.2 Å².